The Kier molecular flexibility index (Phi) is 6.75. The highest BCUT2D eigenvalue weighted by Gasteiger charge is 2.38. The van der Waals surface area contributed by atoms with Gasteiger partial charge in [0.1, 0.15) is 5.25 Å². The second-order valence-electron chi connectivity index (χ2n) is 7.19. The number of aryl methyl sites for hydroxylation is 3. The van der Waals surface area contributed by atoms with Gasteiger partial charge < -0.3 is 5.32 Å². The number of rotatable bonds is 6. The van der Waals surface area contributed by atoms with Crippen LogP contribution >= 0.6 is 11.8 Å². The average Bonchev–Trinajstić information content (AvgIpc) is 2.95. The molecule has 0 spiro atoms. The standard InChI is InChI=1S/C23H27N3O2S/c1-5-17-9-7-8-10-19(17)25-23-26(6-2)22(28)20(29-23)14-21(27)24-18-12-15(3)11-16(4)13-18/h7-13,20H,5-6,14H2,1-4H3,(H,24,27). The molecule has 0 aliphatic carbocycles. The summed E-state index contributed by atoms with van der Waals surface area (Å²) in [7, 11) is 0. The summed E-state index contributed by atoms with van der Waals surface area (Å²) >= 11 is 1.38. The number of nitrogens with one attached hydrogen (secondary N) is 1. The van der Waals surface area contributed by atoms with Crippen molar-refractivity contribution in [1.29, 1.82) is 0 Å². The van der Waals surface area contributed by atoms with Crippen molar-refractivity contribution >= 4 is 40.1 Å². The SMILES string of the molecule is CCc1ccccc1N=C1SC(CC(=O)Nc2cc(C)cc(C)c2)C(=O)N1CC. The maximum Gasteiger partial charge on any atom is 0.242 e. The molecule has 5 nitrogen and oxygen atoms in total. The molecule has 1 unspecified atom stereocenters. The van der Waals surface area contributed by atoms with Gasteiger partial charge in [0.05, 0.1) is 5.69 Å². The second kappa shape index (κ2) is 9.27. The molecular formula is C23H27N3O2S. The van der Waals surface area contributed by atoms with Crippen molar-refractivity contribution in [2.45, 2.75) is 45.8 Å². The summed E-state index contributed by atoms with van der Waals surface area (Å²) in [6, 6.07) is 13.9. The maximum absolute atomic E-state index is 12.8. The molecule has 1 heterocycles. The largest absolute Gasteiger partial charge is 0.326 e. The quantitative estimate of drug-likeness (QED) is 0.742. The summed E-state index contributed by atoms with van der Waals surface area (Å²) in [5.74, 6) is -0.215. The number of hydrogen-bond acceptors (Lipinski definition) is 4. The van der Waals surface area contributed by atoms with E-state index in [1.54, 1.807) is 4.90 Å². The Morgan fingerprint density at radius 3 is 2.48 bits per heavy atom. The Hall–Kier alpha value is -2.60. The highest BCUT2D eigenvalue weighted by molar-refractivity contribution is 8.15. The Balaban J connectivity index is 1.74. The highest BCUT2D eigenvalue weighted by Crippen LogP contribution is 2.32. The van der Waals surface area contributed by atoms with Crippen LogP contribution < -0.4 is 5.32 Å². The van der Waals surface area contributed by atoms with Gasteiger partial charge in [-0.2, -0.15) is 0 Å². The van der Waals surface area contributed by atoms with Crippen LogP contribution in [0.1, 0.15) is 37.0 Å². The molecule has 152 valence electrons. The molecule has 1 fully saturated rings. The number of benzene rings is 2. The van der Waals surface area contributed by atoms with Crippen LogP contribution in [-0.2, 0) is 16.0 Å². The van der Waals surface area contributed by atoms with Gasteiger partial charge in [-0.3, -0.25) is 14.5 Å². The first kappa shape index (κ1) is 21.1. The lowest BCUT2D eigenvalue weighted by Crippen LogP contribution is -2.33. The number of para-hydroxylation sites is 1. The van der Waals surface area contributed by atoms with Gasteiger partial charge >= 0.3 is 0 Å². The average molecular weight is 410 g/mol. The molecule has 1 N–H and O–H groups in total. The van der Waals surface area contributed by atoms with Crippen molar-refractivity contribution in [2.75, 3.05) is 11.9 Å². The molecule has 1 aliphatic heterocycles. The summed E-state index contributed by atoms with van der Waals surface area (Å²) in [5, 5.41) is 3.14. The van der Waals surface area contributed by atoms with E-state index in [9.17, 15) is 9.59 Å². The number of amidine groups is 1. The van der Waals surface area contributed by atoms with Crippen molar-refractivity contribution < 1.29 is 9.59 Å². The fourth-order valence-electron chi connectivity index (χ4n) is 3.47. The molecule has 29 heavy (non-hydrogen) atoms. The minimum atomic E-state index is -0.451. The molecule has 2 aromatic carbocycles. The van der Waals surface area contributed by atoms with Gasteiger partial charge in [-0.05, 0) is 62.1 Å². The zero-order valence-electron chi connectivity index (χ0n) is 17.4. The Bertz CT molecular complexity index is 935. The fraction of sp³-hybridized carbons (Fsp3) is 0.348. The van der Waals surface area contributed by atoms with Crippen LogP contribution in [0.5, 0.6) is 0 Å². The van der Waals surface area contributed by atoms with E-state index in [0.717, 1.165) is 34.5 Å². The zero-order valence-corrected chi connectivity index (χ0v) is 18.2. The lowest BCUT2D eigenvalue weighted by molar-refractivity contribution is -0.128. The first-order valence-corrected chi connectivity index (χ1v) is 10.8. The van der Waals surface area contributed by atoms with E-state index in [-0.39, 0.29) is 18.2 Å². The predicted octanol–water partition coefficient (Wildman–Crippen LogP) is 4.85. The topological polar surface area (TPSA) is 61.8 Å². The summed E-state index contributed by atoms with van der Waals surface area (Å²) in [6.45, 7) is 8.54. The first-order chi connectivity index (χ1) is 13.9. The van der Waals surface area contributed by atoms with E-state index < -0.39 is 5.25 Å². The summed E-state index contributed by atoms with van der Waals surface area (Å²) in [6.07, 6.45) is 1.00. The molecule has 1 saturated heterocycles. The molecule has 0 aromatic heterocycles. The first-order valence-electron chi connectivity index (χ1n) is 9.94. The Labute approximate surface area is 176 Å². The number of carbonyl (C=O) groups is 2. The van der Waals surface area contributed by atoms with E-state index in [4.69, 9.17) is 4.99 Å². The second-order valence-corrected chi connectivity index (χ2v) is 8.36. The van der Waals surface area contributed by atoms with Crippen molar-refractivity contribution in [3.63, 3.8) is 0 Å². The van der Waals surface area contributed by atoms with E-state index in [2.05, 4.69) is 18.3 Å². The predicted molar refractivity (Wildman–Crippen MR) is 121 cm³/mol. The molecule has 6 heteroatoms. The van der Waals surface area contributed by atoms with Gasteiger partial charge in [0.25, 0.3) is 0 Å². The molecule has 0 radical (unpaired) electrons. The molecule has 2 amide bonds. The van der Waals surface area contributed by atoms with Crippen molar-refractivity contribution in [1.82, 2.24) is 4.90 Å². The molecule has 1 atom stereocenters. The van der Waals surface area contributed by atoms with Gasteiger partial charge in [-0.25, -0.2) is 4.99 Å². The summed E-state index contributed by atoms with van der Waals surface area (Å²) in [4.78, 5) is 31.8. The molecule has 0 saturated carbocycles. The Morgan fingerprint density at radius 2 is 1.83 bits per heavy atom. The number of amides is 2. The molecular weight excluding hydrogens is 382 g/mol. The molecule has 0 bridgehead atoms. The third-order valence-corrected chi connectivity index (χ3v) is 5.98. The van der Waals surface area contributed by atoms with Crippen LogP contribution in [0.2, 0.25) is 0 Å². The van der Waals surface area contributed by atoms with Crippen molar-refractivity contribution in [2.24, 2.45) is 4.99 Å². The van der Waals surface area contributed by atoms with Crippen LogP contribution in [0.3, 0.4) is 0 Å². The number of anilines is 1. The summed E-state index contributed by atoms with van der Waals surface area (Å²) < 4.78 is 0. The third kappa shape index (κ3) is 5.07. The van der Waals surface area contributed by atoms with E-state index in [1.165, 1.54) is 11.8 Å². The van der Waals surface area contributed by atoms with Crippen LogP contribution in [0.25, 0.3) is 0 Å². The lowest BCUT2D eigenvalue weighted by Gasteiger charge is -2.14. The highest BCUT2D eigenvalue weighted by atomic mass is 32.2. The van der Waals surface area contributed by atoms with Crippen molar-refractivity contribution in [3.8, 4) is 0 Å². The van der Waals surface area contributed by atoms with Crippen LogP contribution in [0, 0.1) is 13.8 Å². The minimum absolute atomic E-state index is 0.0548. The fourth-order valence-corrected chi connectivity index (χ4v) is 4.68. The number of aliphatic imine (C=N–C) groups is 1. The zero-order chi connectivity index (χ0) is 21.0. The van der Waals surface area contributed by atoms with E-state index in [1.807, 2.05) is 57.2 Å². The number of thioether (sulfide) groups is 1. The molecule has 2 aromatic rings. The van der Waals surface area contributed by atoms with Gasteiger partial charge in [0.15, 0.2) is 5.17 Å². The van der Waals surface area contributed by atoms with Crippen LogP contribution in [0.15, 0.2) is 47.5 Å². The number of hydrogen-bond donors (Lipinski definition) is 1. The van der Waals surface area contributed by atoms with E-state index >= 15 is 0 Å². The third-order valence-electron chi connectivity index (χ3n) is 4.80. The van der Waals surface area contributed by atoms with Gasteiger partial charge in [0.2, 0.25) is 11.8 Å². The maximum atomic E-state index is 12.8. The summed E-state index contributed by atoms with van der Waals surface area (Å²) in [5.41, 5.74) is 4.96. The molecule has 3 rings (SSSR count). The van der Waals surface area contributed by atoms with Gasteiger partial charge in [-0.15, -0.1) is 0 Å². The van der Waals surface area contributed by atoms with Crippen LogP contribution in [-0.4, -0.2) is 33.7 Å². The van der Waals surface area contributed by atoms with Crippen LogP contribution in [0.4, 0.5) is 11.4 Å². The number of carbonyl (C=O) groups excluding carboxylic acids is 2. The lowest BCUT2D eigenvalue weighted by atomic mass is 10.1. The smallest absolute Gasteiger partial charge is 0.242 e. The van der Waals surface area contributed by atoms with E-state index in [0.29, 0.717) is 11.7 Å². The van der Waals surface area contributed by atoms with Crippen molar-refractivity contribution in [3.05, 3.63) is 59.2 Å². The Morgan fingerprint density at radius 1 is 1.14 bits per heavy atom. The normalized spacial score (nSPS) is 17.8. The monoisotopic (exact) mass is 409 g/mol. The van der Waals surface area contributed by atoms with Gasteiger partial charge in [0, 0.05) is 18.7 Å². The minimum Gasteiger partial charge on any atom is -0.326 e. The van der Waals surface area contributed by atoms with Gasteiger partial charge in [-0.1, -0.05) is 43.0 Å². The number of nitrogens with zero attached hydrogens (tertiary/aromatic N) is 2. The molecule has 1 aliphatic rings.